The van der Waals surface area contributed by atoms with Gasteiger partial charge >= 0.3 is 0 Å². The minimum atomic E-state index is -0.722. The number of aromatic hydroxyl groups is 1. The third kappa shape index (κ3) is 3.49. The number of phenols is 1. The first-order valence-electron chi connectivity index (χ1n) is 7.55. The molecule has 1 aromatic carbocycles. The number of tetrazole rings is 1. The summed E-state index contributed by atoms with van der Waals surface area (Å²) in [6.45, 7) is 0. The zero-order valence-corrected chi connectivity index (χ0v) is 13.7. The van der Waals surface area contributed by atoms with Crippen molar-refractivity contribution in [3.63, 3.8) is 0 Å². The second-order valence-electron chi connectivity index (χ2n) is 5.63. The Balaban J connectivity index is 1.63. The van der Waals surface area contributed by atoms with Crippen LogP contribution in [-0.4, -0.2) is 42.5 Å². The average molecular weight is 344 g/mol. The Morgan fingerprint density at radius 1 is 1.38 bits per heavy atom. The summed E-state index contributed by atoms with van der Waals surface area (Å²) in [6, 6.07) is 8.67. The van der Waals surface area contributed by atoms with E-state index in [-0.39, 0.29) is 17.4 Å². The van der Waals surface area contributed by atoms with E-state index < -0.39 is 5.54 Å². The van der Waals surface area contributed by atoms with Crippen LogP contribution >= 0.6 is 11.8 Å². The molecule has 124 valence electrons. The topological polar surface area (TPSA) is 117 Å². The lowest BCUT2D eigenvalue weighted by molar-refractivity contribution is -0.119. The van der Waals surface area contributed by atoms with Gasteiger partial charge in [0, 0.05) is 0 Å². The maximum absolute atomic E-state index is 12.2. The first-order valence-corrected chi connectivity index (χ1v) is 8.53. The smallest absolute Gasteiger partial charge is 0.231 e. The molecule has 24 heavy (non-hydrogen) atoms. The molecular formula is C15H16N6O2S. The van der Waals surface area contributed by atoms with Crippen LogP contribution < -0.4 is 5.32 Å². The Hall–Kier alpha value is -2.60. The Bertz CT molecular complexity index is 761. The number of benzene rings is 1. The summed E-state index contributed by atoms with van der Waals surface area (Å²) in [5.41, 5.74) is -0.0365. The van der Waals surface area contributed by atoms with Gasteiger partial charge in [-0.05, 0) is 60.4 Å². The minimum absolute atomic E-state index is 0.127. The van der Waals surface area contributed by atoms with E-state index in [1.165, 1.54) is 28.6 Å². The molecule has 3 rings (SSSR count). The second-order valence-corrected chi connectivity index (χ2v) is 6.57. The van der Waals surface area contributed by atoms with E-state index in [1.807, 2.05) is 0 Å². The van der Waals surface area contributed by atoms with E-state index in [0.717, 1.165) is 12.8 Å². The number of nitriles is 1. The first kappa shape index (κ1) is 16.3. The quantitative estimate of drug-likeness (QED) is 0.788. The van der Waals surface area contributed by atoms with Crippen molar-refractivity contribution in [2.75, 3.05) is 5.75 Å². The van der Waals surface area contributed by atoms with Gasteiger partial charge in [-0.25, -0.2) is 0 Å². The molecule has 9 heteroatoms. The number of carbonyl (C=O) groups excluding carboxylic acids is 1. The third-order valence-corrected chi connectivity index (χ3v) is 4.84. The molecule has 1 saturated carbocycles. The molecule has 0 aliphatic heterocycles. The molecule has 0 saturated heterocycles. The number of phenolic OH excluding ortho intramolecular Hbond substituents is 1. The van der Waals surface area contributed by atoms with Crippen LogP contribution in [0.15, 0.2) is 29.4 Å². The predicted octanol–water partition coefficient (Wildman–Crippen LogP) is 1.41. The van der Waals surface area contributed by atoms with E-state index in [0.29, 0.717) is 23.7 Å². The number of carbonyl (C=O) groups is 1. The summed E-state index contributed by atoms with van der Waals surface area (Å²) < 4.78 is 1.49. The predicted molar refractivity (Wildman–Crippen MR) is 86.5 cm³/mol. The van der Waals surface area contributed by atoms with Crippen molar-refractivity contribution in [1.29, 1.82) is 5.26 Å². The molecule has 1 aliphatic rings. The van der Waals surface area contributed by atoms with Gasteiger partial charge in [0.05, 0.1) is 17.5 Å². The van der Waals surface area contributed by atoms with E-state index in [9.17, 15) is 15.2 Å². The molecule has 8 nitrogen and oxygen atoms in total. The zero-order valence-electron chi connectivity index (χ0n) is 12.8. The summed E-state index contributed by atoms with van der Waals surface area (Å²) >= 11 is 1.20. The Morgan fingerprint density at radius 2 is 2.08 bits per heavy atom. The number of nitrogens with one attached hydrogen (secondary N) is 1. The lowest BCUT2D eigenvalue weighted by atomic mass is 10.0. The van der Waals surface area contributed by atoms with Crippen LogP contribution in [0.3, 0.4) is 0 Å². The first-order chi connectivity index (χ1) is 11.6. The summed E-state index contributed by atoms with van der Waals surface area (Å²) in [5, 5.41) is 33.4. The maximum atomic E-state index is 12.2. The van der Waals surface area contributed by atoms with Gasteiger partial charge in [-0.1, -0.05) is 11.8 Å². The standard InChI is InChI=1S/C15H16N6O2S/c16-10-15(7-1-2-8-15)17-13(23)9-24-14-18-19-20-21(14)11-3-5-12(22)6-4-11/h3-6,22H,1-2,7-9H2,(H,17,23). The highest BCUT2D eigenvalue weighted by Gasteiger charge is 2.35. The van der Waals surface area contributed by atoms with Crippen LogP contribution in [0.4, 0.5) is 0 Å². The van der Waals surface area contributed by atoms with Gasteiger partial charge < -0.3 is 10.4 Å². The van der Waals surface area contributed by atoms with Crippen LogP contribution in [0.25, 0.3) is 5.69 Å². The van der Waals surface area contributed by atoms with Crippen molar-refractivity contribution >= 4 is 17.7 Å². The molecule has 0 bridgehead atoms. The van der Waals surface area contributed by atoms with Gasteiger partial charge in [0.2, 0.25) is 11.1 Å². The largest absolute Gasteiger partial charge is 0.508 e. The van der Waals surface area contributed by atoms with Crippen LogP contribution in [0.5, 0.6) is 5.75 Å². The number of amides is 1. The molecule has 1 aromatic heterocycles. The van der Waals surface area contributed by atoms with Crippen molar-refractivity contribution < 1.29 is 9.90 Å². The van der Waals surface area contributed by atoms with Gasteiger partial charge in [-0.3, -0.25) is 4.79 Å². The monoisotopic (exact) mass is 344 g/mol. The lowest BCUT2D eigenvalue weighted by Gasteiger charge is -2.21. The lowest BCUT2D eigenvalue weighted by Crippen LogP contribution is -2.45. The van der Waals surface area contributed by atoms with Gasteiger partial charge in [-0.15, -0.1) is 5.10 Å². The van der Waals surface area contributed by atoms with Crippen molar-refractivity contribution in [2.24, 2.45) is 0 Å². The van der Waals surface area contributed by atoms with Gasteiger partial charge in [0.25, 0.3) is 0 Å². The number of thioether (sulfide) groups is 1. The molecule has 0 unspecified atom stereocenters. The van der Waals surface area contributed by atoms with Crippen LogP contribution in [-0.2, 0) is 4.79 Å². The molecule has 0 atom stereocenters. The minimum Gasteiger partial charge on any atom is -0.508 e. The molecule has 1 amide bonds. The average Bonchev–Trinajstić information content (AvgIpc) is 3.23. The molecule has 1 aliphatic carbocycles. The fraction of sp³-hybridized carbons (Fsp3) is 0.400. The number of hydrogen-bond donors (Lipinski definition) is 2. The molecule has 0 spiro atoms. The summed E-state index contributed by atoms with van der Waals surface area (Å²) in [4.78, 5) is 12.2. The molecule has 1 heterocycles. The Kier molecular flexibility index (Phi) is 4.66. The highest BCUT2D eigenvalue weighted by atomic mass is 32.2. The zero-order chi connectivity index (χ0) is 17.0. The van der Waals surface area contributed by atoms with Crippen molar-refractivity contribution in [3.8, 4) is 17.5 Å². The molecule has 0 radical (unpaired) electrons. The maximum Gasteiger partial charge on any atom is 0.231 e. The third-order valence-electron chi connectivity index (χ3n) is 3.92. The Morgan fingerprint density at radius 3 is 2.75 bits per heavy atom. The van der Waals surface area contributed by atoms with E-state index in [2.05, 4.69) is 26.9 Å². The number of hydrogen-bond acceptors (Lipinski definition) is 7. The van der Waals surface area contributed by atoms with Crippen molar-refractivity contribution in [1.82, 2.24) is 25.5 Å². The number of aromatic nitrogens is 4. The van der Waals surface area contributed by atoms with Crippen LogP contribution in [0.2, 0.25) is 0 Å². The van der Waals surface area contributed by atoms with Crippen LogP contribution in [0.1, 0.15) is 25.7 Å². The molecular weight excluding hydrogens is 328 g/mol. The number of rotatable bonds is 5. The van der Waals surface area contributed by atoms with Gasteiger partial charge in [0.1, 0.15) is 11.3 Å². The summed E-state index contributed by atoms with van der Waals surface area (Å²) in [7, 11) is 0. The highest BCUT2D eigenvalue weighted by Crippen LogP contribution is 2.29. The summed E-state index contributed by atoms with van der Waals surface area (Å²) in [6.07, 6.45) is 3.32. The van der Waals surface area contributed by atoms with Crippen molar-refractivity contribution in [3.05, 3.63) is 24.3 Å². The van der Waals surface area contributed by atoms with Gasteiger partial charge in [-0.2, -0.15) is 9.94 Å². The Labute approximate surface area is 142 Å². The molecule has 2 aromatic rings. The SMILES string of the molecule is N#CC1(NC(=O)CSc2nnnn2-c2ccc(O)cc2)CCCC1. The molecule has 2 N–H and O–H groups in total. The summed E-state index contributed by atoms with van der Waals surface area (Å²) in [5.74, 6) is 0.0736. The highest BCUT2D eigenvalue weighted by molar-refractivity contribution is 7.99. The van der Waals surface area contributed by atoms with E-state index in [4.69, 9.17) is 0 Å². The fourth-order valence-corrected chi connectivity index (χ4v) is 3.39. The number of nitrogens with zero attached hydrogens (tertiary/aromatic N) is 5. The van der Waals surface area contributed by atoms with E-state index >= 15 is 0 Å². The van der Waals surface area contributed by atoms with Crippen molar-refractivity contribution in [2.45, 2.75) is 36.4 Å². The normalized spacial score (nSPS) is 15.8. The van der Waals surface area contributed by atoms with Gasteiger partial charge in [0.15, 0.2) is 0 Å². The molecule has 1 fully saturated rings. The van der Waals surface area contributed by atoms with Crippen LogP contribution in [0, 0.1) is 11.3 Å². The second kappa shape index (κ2) is 6.88. The fourth-order valence-electron chi connectivity index (χ4n) is 2.70. The van der Waals surface area contributed by atoms with E-state index in [1.54, 1.807) is 12.1 Å².